The van der Waals surface area contributed by atoms with Crippen LogP contribution >= 0.6 is 0 Å². The van der Waals surface area contributed by atoms with Crippen LogP contribution < -0.4 is 0 Å². The molecule has 2 aromatic rings. The minimum absolute atomic E-state index is 0.596. The maximum absolute atomic E-state index is 8.72. The lowest BCUT2D eigenvalue weighted by atomic mass is 10.1. The molecular weight excluding hydrogens is 162 g/mol. The van der Waals surface area contributed by atoms with Crippen molar-refractivity contribution in [2.24, 2.45) is 0 Å². The Labute approximate surface area is 74.8 Å². The third-order valence-corrected chi connectivity index (χ3v) is 1.93. The standard InChI is InChI=1S/C10H5N3/c11-4-7-1-2-9-8(5-12)6-13-10(9)3-7/h1-3,6,13H. The van der Waals surface area contributed by atoms with Crippen LogP contribution in [-0.2, 0) is 0 Å². The number of aromatic amines is 1. The van der Waals surface area contributed by atoms with E-state index in [0.717, 1.165) is 10.9 Å². The fraction of sp³-hybridized carbons (Fsp3) is 0. The van der Waals surface area contributed by atoms with Crippen molar-refractivity contribution in [1.82, 2.24) is 4.98 Å². The van der Waals surface area contributed by atoms with Crippen LogP contribution in [0, 0.1) is 22.7 Å². The molecule has 0 amide bonds. The zero-order chi connectivity index (χ0) is 9.26. The lowest BCUT2D eigenvalue weighted by Gasteiger charge is -1.90. The van der Waals surface area contributed by atoms with E-state index >= 15 is 0 Å². The number of fused-ring (bicyclic) bond motifs is 1. The Morgan fingerprint density at radius 3 is 2.69 bits per heavy atom. The number of nitriles is 2. The second-order valence-electron chi connectivity index (χ2n) is 2.69. The molecule has 0 saturated heterocycles. The Bertz CT molecular complexity index is 537. The zero-order valence-corrected chi connectivity index (χ0v) is 6.70. The quantitative estimate of drug-likeness (QED) is 0.651. The lowest BCUT2D eigenvalue weighted by Crippen LogP contribution is -1.74. The summed E-state index contributed by atoms with van der Waals surface area (Å²) in [5, 5.41) is 18.2. The Hall–Kier alpha value is -2.26. The van der Waals surface area contributed by atoms with Gasteiger partial charge in [0, 0.05) is 17.1 Å². The number of rotatable bonds is 0. The molecule has 3 nitrogen and oxygen atoms in total. The predicted molar refractivity (Wildman–Crippen MR) is 47.7 cm³/mol. The molecule has 2 rings (SSSR count). The van der Waals surface area contributed by atoms with Crippen LogP contribution in [0.25, 0.3) is 10.9 Å². The Morgan fingerprint density at radius 1 is 1.15 bits per heavy atom. The first-order chi connectivity index (χ1) is 6.35. The first-order valence-corrected chi connectivity index (χ1v) is 3.76. The third kappa shape index (κ3) is 1.04. The molecule has 0 aliphatic carbocycles. The van der Waals surface area contributed by atoms with Crippen LogP contribution in [0.2, 0.25) is 0 Å². The SMILES string of the molecule is N#Cc1ccc2c(C#N)c[nH]c2c1. The minimum Gasteiger partial charge on any atom is -0.360 e. The number of hydrogen-bond acceptors (Lipinski definition) is 2. The summed E-state index contributed by atoms with van der Waals surface area (Å²) in [5.41, 5.74) is 2.04. The van der Waals surface area contributed by atoms with Gasteiger partial charge in [0.05, 0.1) is 17.2 Å². The maximum Gasteiger partial charge on any atom is 0.101 e. The highest BCUT2D eigenvalue weighted by Crippen LogP contribution is 2.18. The summed E-state index contributed by atoms with van der Waals surface area (Å²) in [5.74, 6) is 0. The fourth-order valence-corrected chi connectivity index (χ4v) is 1.29. The molecule has 0 saturated carbocycles. The average molecular weight is 167 g/mol. The van der Waals surface area contributed by atoms with Crippen LogP contribution in [-0.4, -0.2) is 4.98 Å². The molecule has 1 aromatic carbocycles. The van der Waals surface area contributed by atoms with Crippen molar-refractivity contribution in [3.63, 3.8) is 0 Å². The summed E-state index contributed by atoms with van der Waals surface area (Å²) in [6.07, 6.45) is 1.64. The summed E-state index contributed by atoms with van der Waals surface area (Å²) >= 11 is 0. The van der Waals surface area contributed by atoms with Crippen molar-refractivity contribution in [1.29, 1.82) is 10.5 Å². The molecule has 3 heteroatoms. The topological polar surface area (TPSA) is 63.4 Å². The monoisotopic (exact) mass is 167 g/mol. The summed E-state index contributed by atoms with van der Waals surface area (Å²) in [6.45, 7) is 0. The van der Waals surface area contributed by atoms with Gasteiger partial charge in [-0.15, -0.1) is 0 Å². The lowest BCUT2D eigenvalue weighted by molar-refractivity contribution is 1.44. The molecule has 60 valence electrons. The molecular formula is C10H5N3. The van der Waals surface area contributed by atoms with E-state index in [1.54, 1.807) is 24.4 Å². The Morgan fingerprint density at radius 2 is 2.00 bits per heavy atom. The van der Waals surface area contributed by atoms with Crippen LogP contribution in [0.5, 0.6) is 0 Å². The summed E-state index contributed by atoms with van der Waals surface area (Å²) in [4.78, 5) is 2.94. The van der Waals surface area contributed by atoms with Gasteiger partial charge in [0.15, 0.2) is 0 Å². The average Bonchev–Trinajstić information content (AvgIpc) is 2.59. The van der Waals surface area contributed by atoms with Gasteiger partial charge >= 0.3 is 0 Å². The number of aromatic nitrogens is 1. The number of benzene rings is 1. The second kappa shape index (κ2) is 2.66. The minimum atomic E-state index is 0.596. The Balaban J connectivity index is 2.79. The molecule has 0 spiro atoms. The number of H-pyrrole nitrogens is 1. The highest BCUT2D eigenvalue weighted by molar-refractivity contribution is 5.86. The van der Waals surface area contributed by atoms with Gasteiger partial charge < -0.3 is 4.98 Å². The van der Waals surface area contributed by atoms with Crippen molar-refractivity contribution in [3.05, 3.63) is 35.5 Å². The predicted octanol–water partition coefficient (Wildman–Crippen LogP) is 1.91. The molecule has 0 unspecified atom stereocenters. The van der Waals surface area contributed by atoms with Crippen molar-refractivity contribution in [3.8, 4) is 12.1 Å². The number of nitrogens with zero attached hydrogens (tertiary/aromatic N) is 2. The van der Waals surface area contributed by atoms with E-state index in [4.69, 9.17) is 10.5 Å². The first-order valence-electron chi connectivity index (χ1n) is 3.76. The van der Waals surface area contributed by atoms with E-state index < -0.39 is 0 Å². The van der Waals surface area contributed by atoms with Gasteiger partial charge in [0.25, 0.3) is 0 Å². The molecule has 1 N–H and O–H groups in total. The second-order valence-corrected chi connectivity index (χ2v) is 2.69. The van der Waals surface area contributed by atoms with E-state index in [1.807, 2.05) is 6.07 Å². The molecule has 0 atom stereocenters. The summed E-state index contributed by atoms with van der Waals surface area (Å²) in [6, 6.07) is 9.34. The van der Waals surface area contributed by atoms with Gasteiger partial charge in [-0.3, -0.25) is 0 Å². The molecule has 13 heavy (non-hydrogen) atoms. The van der Waals surface area contributed by atoms with E-state index in [-0.39, 0.29) is 0 Å². The van der Waals surface area contributed by atoms with E-state index in [9.17, 15) is 0 Å². The van der Waals surface area contributed by atoms with Gasteiger partial charge in [-0.2, -0.15) is 10.5 Å². The van der Waals surface area contributed by atoms with Crippen LogP contribution in [0.3, 0.4) is 0 Å². The summed E-state index contributed by atoms with van der Waals surface area (Å²) < 4.78 is 0. The number of hydrogen-bond donors (Lipinski definition) is 1. The van der Waals surface area contributed by atoms with Crippen LogP contribution in [0.1, 0.15) is 11.1 Å². The largest absolute Gasteiger partial charge is 0.360 e. The molecule has 1 heterocycles. The van der Waals surface area contributed by atoms with Gasteiger partial charge in [0.1, 0.15) is 6.07 Å². The van der Waals surface area contributed by atoms with E-state index in [2.05, 4.69) is 11.1 Å². The van der Waals surface area contributed by atoms with Gasteiger partial charge in [-0.1, -0.05) is 6.07 Å². The number of nitrogens with one attached hydrogen (secondary N) is 1. The molecule has 0 bridgehead atoms. The highest BCUT2D eigenvalue weighted by atomic mass is 14.7. The van der Waals surface area contributed by atoms with Crippen LogP contribution in [0.4, 0.5) is 0 Å². The van der Waals surface area contributed by atoms with Gasteiger partial charge in [-0.05, 0) is 12.1 Å². The molecule has 0 aliphatic rings. The van der Waals surface area contributed by atoms with Crippen molar-refractivity contribution in [2.45, 2.75) is 0 Å². The van der Waals surface area contributed by atoms with Gasteiger partial charge in [0.2, 0.25) is 0 Å². The molecule has 0 aliphatic heterocycles. The van der Waals surface area contributed by atoms with Crippen LogP contribution in [0.15, 0.2) is 24.4 Å². The smallest absolute Gasteiger partial charge is 0.101 e. The zero-order valence-electron chi connectivity index (χ0n) is 6.70. The first kappa shape index (κ1) is 7.39. The Kier molecular flexibility index (Phi) is 1.51. The van der Waals surface area contributed by atoms with Crippen molar-refractivity contribution in [2.75, 3.05) is 0 Å². The molecule has 0 fully saturated rings. The molecule has 0 radical (unpaired) electrons. The van der Waals surface area contributed by atoms with E-state index in [0.29, 0.717) is 11.1 Å². The van der Waals surface area contributed by atoms with E-state index in [1.165, 1.54) is 0 Å². The van der Waals surface area contributed by atoms with Crippen molar-refractivity contribution < 1.29 is 0 Å². The summed E-state index contributed by atoms with van der Waals surface area (Å²) in [7, 11) is 0. The third-order valence-electron chi connectivity index (χ3n) is 1.93. The highest BCUT2D eigenvalue weighted by Gasteiger charge is 2.02. The van der Waals surface area contributed by atoms with Crippen molar-refractivity contribution >= 4 is 10.9 Å². The fourth-order valence-electron chi connectivity index (χ4n) is 1.29. The maximum atomic E-state index is 8.72. The normalized spacial score (nSPS) is 9.38. The molecule has 1 aromatic heterocycles. The van der Waals surface area contributed by atoms with Gasteiger partial charge in [-0.25, -0.2) is 0 Å².